The van der Waals surface area contributed by atoms with Crippen molar-refractivity contribution >= 4 is 44.4 Å². The molecule has 1 amide bonds. The SMILES string of the molecule is CCN(C(=O)c1cc(I)ccc1Br)C1CCC(N)CC1. The van der Waals surface area contributed by atoms with Crippen LogP contribution in [0.1, 0.15) is 43.0 Å². The van der Waals surface area contributed by atoms with E-state index >= 15 is 0 Å². The van der Waals surface area contributed by atoms with Gasteiger partial charge in [0.2, 0.25) is 0 Å². The van der Waals surface area contributed by atoms with Crippen molar-refractivity contribution < 1.29 is 4.79 Å². The molecule has 1 aliphatic rings. The molecule has 0 saturated heterocycles. The number of carbonyl (C=O) groups excluding carboxylic acids is 1. The molecule has 0 spiro atoms. The lowest BCUT2D eigenvalue weighted by Crippen LogP contribution is -2.44. The molecule has 3 nitrogen and oxygen atoms in total. The van der Waals surface area contributed by atoms with Gasteiger partial charge in [0.25, 0.3) is 5.91 Å². The quantitative estimate of drug-likeness (QED) is 0.712. The van der Waals surface area contributed by atoms with Crippen LogP contribution < -0.4 is 5.73 Å². The van der Waals surface area contributed by atoms with Gasteiger partial charge in [-0.15, -0.1) is 0 Å². The molecule has 1 fully saturated rings. The molecule has 2 rings (SSSR count). The highest BCUT2D eigenvalue weighted by Crippen LogP contribution is 2.26. The van der Waals surface area contributed by atoms with Crippen molar-refractivity contribution in [2.45, 2.75) is 44.7 Å². The Labute approximate surface area is 142 Å². The van der Waals surface area contributed by atoms with Crippen LogP contribution in [-0.4, -0.2) is 29.4 Å². The lowest BCUT2D eigenvalue weighted by molar-refractivity contribution is 0.0639. The summed E-state index contributed by atoms with van der Waals surface area (Å²) in [5.74, 6) is 0.123. The van der Waals surface area contributed by atoms with Gasteiger partial charge in [0.05, 0.1) is 5.56 Å². The Balaban J connectivity index is 2.18. The largest absolute Gasteiger partial charge is 0.336 e. The summed E-state index contributed by atoms with van der Waals surface area (Å²) in [4.78, 5) is 14.8. The van der Waals surface area contributed by atoms with Crippen molar-refractivity contribution in [1.29, 1.82) is 0 Å². The second-order valence-electron chi connectivity index (χ2n) is 5.28. The third-order valence-corrected chi connectivity index (χ3v) is 5.30. The number of rotatable bonds is 3. The molecule has 2 N–H and O–H groups in total. The standard InChI is InChI=1S/C15H20BrIN2O/c1-2-19(12-6-4-11(18)5-7-12)15(20)13-9-10(17)3-8-14(13)16/h3,8-9,11-12H,2,4-7,18H2,1H3. The number of halogens is 2. The molecule has 1 saturated carbocycles. The van der Waals surface area contributed by atoms with Gasteiger partial charge >= 0.3 is 0 Å². The zero-order valence-corrected chi connectivity index (χ0v) is 15.4. The molecule has 20 heavy (non-hydrogen) atoms. The van der Waals surface area contributed by atoms with E-state index in [9.17, 15) is 4.79 Å². The van der Waals surface area contributed by atoms with E-state index in [0.717, 1.165) is 45.8 Å². The monoisotopic (exact) mass is 450 g/mol. The highest BCUT2D eigenvalue weighted by Gasteiger charge is 2.28. The number of nitrogens with zero attached hydrogens (tertiary/aromatic N) is 1. The van der Waals surface area contributed by atoms with Gasteiger partial charge in [-0.1, -0.05) is 0 Å². The first-order valence-electron chi connectivity index (χ1n) is 7.04. The average molecular weight is 451 g/mol. The van der Waals surface area contributed by atoms with Crippen molar-refractivity contribution in [3.63, 3.8) is 0 Å². The van der Waals surface area contributed by atoms with Crippen molar-refractivity contribution in [3.05, 3.63) is 31.8 Å². The molecule has 0 heterocycles. The van der Waals surface area contributed by atoms with Crippen LogP contribution in [0.3, 0.4) is 0 Å². The minimum Gasteiger partial charge on any atom is -0.336 e. The molecule has 1 aromatic carbocycles. The number of benzene rings is 1. The van der Waals surface area contributed by atoms with Crippen molar-refractivity contribution in [2.75, 3.05) is 6.54 Å². The van der Waals surface area contributed by atoms with Crippen LogP contribution in [0.4, 0.5) is 0 Å². The second kappa shape index (κ2) is 7.22. The molecular formula is C15H20BrIN2O. The van der Waals surface area contributed by atoms with E-state index in [-0.39, 0.29) is 5.91 Å². The highest BCUT2D eigenvalue weighted by molar-refractivity contribution is 14.1. The lowest BCUT2D eigenvalue weighted by Gasteiger charge is -2.35. The van der Waals surface area contributed by atoms with Crippen LogP contribution in [0.2, 0.25) is 0 Å². The van der Waals surface area contributed by atoms with E-state index in [1.165, 1.54) is 0 Å². The van der Waals surface area contributed by atoms with Gasteiger partial charge in [-0.25, -0.2) is 0 Å². The molecule has 1 aromatic rings. The number of carbonyl (C=O) groups is 1. The Morgan fingerprint density at radius 2 is 2.05 bits per heavy atom. The maximum absolute atomic E-state index is 12.8. The van der Waals surface area contributed by atoms with Crippen LogP contribution in [0.5, 0.6) is 0 Å². The van der Waals surface area contributed by atoms with Gasteiger partial charge in [-0.2, -0.15) is 0 Å². The van der Waals surface area contributed by atoms with Gasteiger partial charge in [-0.05, 0) is 89.3 Å². The topological polar surface area (TPSA) is 46.3 Å². The fraction of sp³-hybridized carbons (Fsp3) is 0.533. The van der Waals surface area contributed by atoms with Crippen LogP contribution in [0.25, 0.3) is 0 Å². The molecule has 110 valence electrons. The molecule has 1 aliphatic carbocycles. The van der Waals surface area contributed by atoms with E-state index in [0.29, 0.717) is 12.1 Å². The molecule has 0 unspecified atom stereocenters. The third-order valence-electron chi connectivity index (χ3n) is 3.94. The minimum atomic E-state index is 0.123. The summed E-state index contributed by atoms with van der Waals surface area (Å²) < 4.78 is 1.95. The highest BCUT2D eigenvalue weighted by atomic mass is 127. The Kier molecular flexibility index (Phi) is 5.86. The summed E-state index contributed by atoms with van der Waals surface area (Å²) in [6.45, 7) is 2.80. The first-order valence-corrected chi connectivity index (χ1v) is 8.91. The summed E-state index contributed by atoms with van der Waals surface area (Å²) in [7, 11) is 0. The fourth-order valence-corrected chi connectivity index (χ4v) is 3.70. The maximum Gasteiger partial charge on any atom is 0.255 e. The van der Waals surface area contributed by atoms with Crippen molar-refractivity contribution in [3.8, 4) is 0 Å². The lowest BCUT2D eigenvalue weighted by atomic mass is 9.90. The van der Waals surface area contributed by atoms with Crippen molar-refractivity contribution in [1.82, 2.24) is 4.90 Å². The summed E-state index contributed by atoms with van der Waals surface area (Å²) in [6, 6.07) is 6.53. The number of amides is 1. The van der Waals surface area contributed by atoms with Crippen LogP contribution in [-0.2, 0) is 0 Å². The maximum atomic E-state index is 12.8. The smallest absolute Gasteiger partial charge is 0.255 e. The normalized spacial score (nSPS) is 22.6. The molecule has 0 bridgehead atoms. The van der Waals surface area contributed by atoms with Gasteiger partial charge in [0, 0.05) is 26.7 Å². The van der Waals surface area contributed by atoms with Crippen LogP contribution >= 0.6 is 38.5 Å². The molecular weight excluding hydrogens is 431 g/mol. The van der Waals surface area contributed by atoms with Crippen LogP contribution in [0.15, 0.2) is 22.7 Å². The van der Waals surface area contributed by atoms with Crippen molar-refractivity contribution in [2.24, 2.45) is 5.73 Å². The third kappa shape index (κ3) is 3.74. The predicted octanol–water partition coefficient (Wildman–Crippen LogP) is 3.79. The summed E-state index contributed by atoms with van der Waals surface area (Å²) >= 11 is 5.73. The predicted molar refractivity (Wildman–Crippen MR) is 93.8 cm³/mol. The Morgan fingerprint density at radius 3 is 2.65 bits per heavy atom. The van der Waals surface area contributed by atoms with E-state index in [1.54, 1.807) is 0 Å². The molecule has 0 radical (unpaired) electrons. The van der Waals surface area contributed by atoms with E-state index in [4.69, 9.17) is 5.73 Å². The molecule has 0 aliphatic heterocycles. The average Bonchev–Trinajstić information content (AvgIpc) is 2.44. The first kappa shape index (κ1) is 16.2. The molecule has 0 atom stereocenters. The first-order chi connectivity index (χ1) is 9.52. The zero-order valence-electron chi connectivity index (χ0n) is 11.6. The molecule has 0 aromatic heterocycles. The Bertz CT molecular complexity index is 487. The van der Waals surface area contributed by atoms with E-state index < -0.39 is 0 Å². The number of hydrogen-bond donors (Lipinski definition) is 1. The Hall–Kier alpha value is -0.140. The fourth-order valence-electron chi connectivity index (χ4n) is 2.80. The second-order valence-corrected chi connectivity index (χ2v) is 7.38. The number of nitrogens with two attached hydrogens (primary N) is 1. The van der Waals surface area contributed by atoms with Gasteiger partial charge < -0.3 is 10.6 Å². The van der Waals surface area contributed by atoms with E-state index in [1.807, 2.05) is 30.0 Å². The van der Waals surface area contributed by atoms with E-state index in [2.05, 4.69) is 38.5 Å². The number of hydrogen-bond acceptors (Lipinski definition) is 2. The summed E-state index contributed by atoms with van der Waals surface area (Å²) in [5.41, 5.74) is 6.72. The van der Waals surface area contributed by atoms with Gasteiger partial charge in [0.15, 0.2) is 0 Å². The summed E-state index contributed by atoms with van der Waals surface area (Å²) in [5, 5.41) is 0. The van der Waals surface area contributed by atoms with Gasteiger partial charge in [0.1, 0.15) is 0 Å². The van der Waals surface area contributed by atoms with Gasteiger partial charge in [-0.3, -0.25) is 4.79 Å². The molecule has 5 heteroatoms. The minimum absolute atomic E-state index is 0.123. The Morgan fingerprint density at radius 1 is 1.40 bits per heavy atom. The van der Waals surface area contributed by atoms with Crippen LogP contribution in [0, 0.1) is 3.57 Å². The summed E-state index contributed by atoms with van der Waals surface area (Å²) in [6.07, 6.45) is 4.06. The zero-order chi connectivity index (χ0) is 14.7.